The Morgan fingerprint density at radius 2 is 2.05 bits per heavy atom. The number of urea groups is 1. The maximum atomic E-state index is 12.9. The first-order valence-corrected chi connectivity index (χ1v) is 5.71. The van der Waals surface area contributed by atoms with E-state index in [0.717, 1.165) is 12.1 Å². The van der Waals surface area contributed by atoms with Crippen LogP contribution in [0.2, 0.25) is 5.02 Å². The van der Waals surface area contributed by atoms with Crippen molar-refractivity contribution >= 4 is 35.2 Å². The van der Waals surface area contributed by atoms with Gasteiger partial charge in [0.05, 0.1) is 11.4 Å². The summed E-state index contributed by atoms with van der Waals surface area (Å²) in [5.74, 6) is -2.94. The molecule has 1 aromatic rings. The van der Waals surface area contributed by atoms with Gasteiger partial charge in [-0.2, -0.15) is 0 Å². The third-order valence-corrected chi connectivity index (χ3v) is 2.48. The largest absolute Gasteiger partial charge is 0.480 e. The lowest BCUT2D eigenvalue weighted by molar-refractivity contribution is -0.140. The smallest absolute Gasteiger partial charge is 0.326 e. The van der Waals surface area contributed by atoms with Gasteiger partial charge in [-0.3, -0.25) is 4.79 Å². The number of aliphatic carboxylic acids is 1. The van der Waals surface area contributed by atoms with E-state index in [2.05, 4.69) is 5.32 Å². The standard InChI is InChI=1S/C11H11ClFN3O4/c12-6-3-5(1-2-7(6)13)15-11(20)16-8(10(18)19)4-9(14)17/h1-3,8H,4H2,(H2,14,17)(H,18,19)(H2,15,16,20). The first kappa shape index (κ1) is 15.7. The molecule has 5 N–H and O–H groups in total. The van der Waals surface area contributed by atoms with Crippen molar-refractivity contribution in [2.24, 2.45) is 5.73 Å². The number of anilines is 1. The molecule has 0 saturated carbocycles. The number of amides is 3. The number of rotatable bonds is 5. The lowest BCUT2D eigenvalue weighted by atomic mass is 10.2. The molecule has 1 atom stereocenters. The third kappa shape index (κ3) is 4.73. The normalized spacial score (nSPS) is 11.5. The SMILES string of the molecule is NC(=O)CC(NC(=O)Nc1ccc(F)c(Cl)c1)C(=O)O. The van der Waals surface area contributed by atoms with Gasteiger partial charge in [-0.25, -0.2) is 14.0 Å². The van der Waals surface area contributed by atoms with Crippen molar-refractivity contribution in [3.8, 4) is 0 Å². The van der Waals surface area contributed by atoms with Gasteiger partial charge in [-0.15, -0.1) is 0 Å². The molecule has 0 saturated heterocycles. The lowest BCUT2D eigenvalue weighted by Crippen LogP contribution is -2.45. The molecular weight excluding hydrogens is 293 g/mol. The molecule has 108 valence electrons. The number of nitrogens with one attached hydrogen (secondary N) is 2. The van der Waals surface area contributed by atoms with E-state index in [4.69, 9.17) is 22.4 Å². The molecule has 0 radical (unpaired) electrons. The van der Waals surface area contributed by atoms with Crippen LogP contribution in [0.15, 0.2) is 18.2 Å². The summed E-state index contributed by atoms with van der Waals surface area (Å²) in [5.41, 5.74) is 5.03. The monoisotopic (exact) mass is 303 g/mol. The second-order valence-corrected chi connectivity index (χ2v) is 4.20. The third-order valence-electron chi connectivity index (χ3n) is 2.19. The fraction of sp³-hybridized carbons (Fsp3) is 0.182. The molecule has 1 unspecified atom stereocenters. The first-order valence-electron chi connectivity index (χ1n) is 5.33. The minimum absolute atomic E-state index is 0.164. The number of halogens is 2. The van der Waals surface area contributed by atoms with E-state index in [9.17, 15) is 18.8 Å². The highest BCUT2D eigenvalue weighted by molar-refractivity contribution is 6.31. The molecule has 0 aliphatic rings. The number of primary amides is 1. The van der Waals surface area contributed by atoms with Crippen LogP contribution in [0.1, 0.15) is 6.42 Å². The van der Waals surface area contributed by atoms with Crippen LogP contribution in [-0.2, 0) is 9.59 Å². The van der Waals surface area contributed by atoms with Crippen LogP contribution in [0.5, 0.6) is 0 Å². The van der Waals surface area contributed by atoms with Crippen molar-refractivity contribution in [1.29, 1.82) is 0 Å². The van der Waals surface area contributed by atoms with Crippen LogP contribution in [0.25, 0.3) is 0 Å². The highest BCUT2D eigenvalue weighted by Crippen LogP contribution is 2.19. The highest BCUT2D eigenvalue weighted by atomic mass is 35.5. The van der Waals surface area contributed by atoms with Crippen molar-refractivity contribution in [2.75, 3.05) is 5.32 Å². The van der Waals surface area contributed by atoms with Gasteiger partial charge in [-0.1, -0.05) is 11.6 Å². The summed E-state index contributed by atoms with van der Waals surface area (Å²) in [6, 6.07) is 1.09. The Morgan fingerprint density at radius 1 is 1.40 bits per heavy atom. The lowest BCUT2D eigenvalue weighted by Gasteiger charge is -2.13. The van der Waals surface area contributed by atoms with Crippen LogP contribution < -0.4 is 16.4 Å². The number of hydrogen-bond donors (Lipinski definition) is 4. The molecular formula is C11H11ClFN3O4. The molecule has 1 rings (SSSR count). The number of carbonyl (C=O) groups is 3. The summed E-state index contributed by atoms with van der Waals surface area (Å²) in [6.07, 6.45) is -0.549. The molecule has 3 amide bonds. The van der Waals surface area contributed by atoms with E-state index in [1.54, 1.807) is 0 Å². The maximum Gasteiger partial charge on any atom is 0.326 e. The van der Waals surface area contributed by atoms with E-state index in [0.29, 0.717) is 0 Å². The average molecular weight is 304 g/mol. The first-order chi connectivity index (χ1) is 9.29. The van der Waals surface area contributed by atoms with Gasteiger partial charge in [0.25, 0.3) is 0 Å². The Balaban J connectivity index is 2.67. The minimum Gasteiger partial charge on any atom is -0.480 e. The number of carboxylic acid groups (broad SMARTS) is 1. The van der Waals surface area contributed by atoms with E-state index < -0.39 is 36.2 Å². The molecule has 0 aliphatic heterocycles. The molecule has 7 nitrogen and oxygen atoms in total. The van der Waals surface area contributed by atoms with Gasteiger partial charge in [0.1, 0.15) is 11.9 Å². The number of carboxylic acids is 1. The Labute approximate surface area is 117 Å². The zero-order chi connectivity index (χ0) is 15.3. The molecule has 0 aliphatic carbocycles. The van der Waals surface area contributed by atoms with Gasteiger partial charge < -0.3 is 21.5 Å². The number of hydrogen-bond acceptors (Lipinski definition) is 3. The fourth-order valence-electron chi connectivity index (χ4n) is 1.30. The van der Waals surface area contributed by atoms with Gasteiger partial charge in [0.2, 0.25) is 5.91 Å². The van der Waals surface area contributed by atoms with Crippen LogP contribution in [0.3, 0.4) is 0 Å². The maximum absolute atomic E-state index is 12.9. The average Bonchev–Trinajstić information content (AvgIpc) is 2.32. The number of nitrogens with two attached hydrogens (primary N) is 1. The zero-order valence-electron chi connectivity index (χ0n) is 10.0. The van der Waals surface area contributed by atoms with E-state index >= 15 is 0 Å². The molecule has 0 spiro atoms. The topological polar surface area (TPSA) is 122 Å². The van der Waals surface area contributed by atoms with Crippen molar-refractivity contribution in [3.05, 3.63) is 29.0 Å². The van der Waals surface area contributed by atoms with Gasteiger partial charge in [-0.05, 0) is 18.2 Å². The summed E-state index contributed by atoms with van der Waals surface area (Å²) in [7, 11) is 0. The second kappa shape index (κ2) is 6.71. The quantitative estimate of drug-likeness (QED) is 0.646. The Morgan fingerprint density at radius 3 is 2.55 bits per heavy atom. The molecule has 1 aromatic carbocycles. The van der Waals surface area contributed by atoms with Gasteiger partial charge in [0, 0.05) is 5.69 Å². The van der Waals surface area contributed by atoms with Crippen molar-refractivity contribution in [2.45, 2.75) is 12.5 Å². The Hall–Kier alpha value is -2.35. The Bertz CT molecular complexity index is 552. The molecule has 0 bridgehead atoms. The number of benzene rings is 1. The van der Waals surface area contributed by atoms with Crippen molar-refractivity contribution in [3.63, 3.8) is 0 Å². The Kier molecular flexibility index (Phi) is 5.27. The predicted octanol–water partition coefficient (Wildman–Crippen LogP) is 0.929. The molecule has 0 aromatic heterocycles. The van der Waals surface area contributed by atoms with E-state index in [1.807, 2.05) is 5.32 Å². The van der Waals surface area contributed by atoms with Crippen LogP contribution in [-0.4, -0.2) is 29.1 Å². The minimum atomic E-state index is -1.46. The molecule has 0 fully saturated rings. The summed E-state index contributed by atoms with van der Waals surface area (Å²) in [5, 5.41) is 12.9. The molecule has 0 heterocycles. The highest BCUT2D eigenvalue weighted by Gasteiger charge is 2.22. The molecule has 9 heteroatoms. The fourth-order valence-corrected chi connectivity index (χ4v) is 1.48. The zero-order valence-corrected chi connectivity index (χ0v) is 10.8. The summed E-state index contributed by atoms with van der Waals surface area (Å²) < 4.78 is 12.9. The van der Waals surface area contributed by atoms with Gasteiger partial charge in [0.15, 0.2) is 0 Å². The second-order valence-electron chi connectivity index (χ2n) is 3.79. The van der Waals surface area contributed by atoms with Crippen LogP contribution in [0.4, 0.5) is 14.9 Å². The van der Waals surface area contributed by atoms with Gasteiger partial charge >= 0.3 is 12.0 Å². The van der Waals surface area contributed by atoms with E-state index in [-0.39, 0.29) is 10.7 Å². The van der Waals surface area contributed by atoms with Crippen LogP contribution in [0, 0.1) is 5.82 Å². The number of carbonyl (C=O) groups excluding carboxylic acids is 2. The molecule has 20 heavy (non-hydrogen) atoms. The van der Waals surface area contributed by atoms with Crippen molar-refractivity contribution in [1.82, 2.24) is 5.32 Å². The van der Waals surface area contributed by atoms with Crippen molar-refractivity contribution < 1.29 is 23.9 Å². The van der Waals surface area contributed by atoms with E-state index in [1.165, 1.54) is 6.07 Å². The van der Waals surface area contributed by atoms with Crippen LogP contribution >= 0.6 is 11.6 Å². The summed E-state index contributed by atoms with van der Waals surface area (Å²) in [4.78, 5) is 33.0. The summed E-state index contributed by atoms with van der Waals surface area (Å²) >= 11 is 5.52. The predicted molar refractivity (Wildman–Crippen MR) is 68.8 cm³/mol. The summed E-state index contributed by atoms with van der Waals surface area (Å²) in [6.45, 7) is 0.